The highest BCUT2D eigenvalue weighted by Crippen LogP contribution is 2.16. The Morgan fingerprint density at radius 3 is 2.50 bits per heavy atom. The largest absolute Gasteiger partial charge is 0.497 e. The van der Waals surface area contributed by atoms with Crippen molar-refractivity contribution in [2.75, 3.05) is 12.4 Å². The van der Waals surface area contributed by atoms with Crippen LogP contribution in [0.15, 0.2) is 78.0 Å². The van der Waals surface area contributed by atoms with Crippen molar-refractivity contribution in [2.45, 2.75) is 6.61 Å². The lowest BCUT2D eigenvalue weighted by molar-refractivity contribution is -0.384. The summed E-state index contributed by atoms with van der Waals surface area (Å²) in [5.41, 5.74) is 2.56. The lowest BCUT2D eigenvalue weighted by atomic mass is 10.1. The molecule has 0 aliphatic carbocycles. The number of amides is 1. The second kappa shape index (κ2) is 9.83. The second-order valence-corrected chi connectivity index (χ2v) is 6.24. The number of nitro benzene ring substituents is 1. The van der Waals surface area contributed by atoms with Gasteiger partial charge < -0.3 is 14.9 Å². The molecule has 152 valence electrons. The molecule has 0 aliphatic rings. The van der Waals surface area contributed by atoms with Crippen LogP contribution in [0.3, 0.4) is 0 Å². The van der Waals surface area contributed by atoms with E-state index in [-0.39, 0.29) is 18.2 Å². The number of methoxy groups -OCH3 is 1. The van der Waals surface area contributed by atoms with Gasteiger partial charge in [0.15, 0.2) is 0 Å². The maximum atomic E-state index is 12.3. The number of oxime groups is 1. The summed E-state index contributed by atoms with van der Waals surface area (Å²) >= 11 is 0. The molecule has 0 aliphatic heterocycles. The van der Waals surface area contributed by atoms with Crippen molar-refractivity contribution in [1.82, 2.24) is 0 Å². The van der Waals surface area contributed by atoms with E-state index in [0.29, 0.717) is 22.6 Å². The summed E-state index contributed by atoms with van der Waals surface area (Å²) in [4.78, 5) is 27.9. The Balaban J connectivity index is 1.52. The zero-order valence-corrected chi connectivity index (χ0v) is 16.1. The van der Waals surface area contributed by atoms with Gasteiger partial charge in [0.1, 0.15) is 12.4 Å². The van der Waals surface area contributed by atoms with Gasteiger partial charge in [-0.25, -0.2) is 0 Å². The minimum atomic E-state index is -0.468. The van der Waals surface area contributed by atoms with E-state index in [4.69, 9.17) is 9.57 Å². The third kappa shape index (κ3) is 5.65. The maximum absolute atomic E-state index is 12.3. The molecule has 1 amide bonds. The minimum absolute atomic E-state index is 0.0116. The molecule has 0 atom stereocenters. The summed E-state index contributed by atoms with van der Waals surface area (Å²) in [7, 11) is 1.58. The topological polar surface area (TPSA) is 103 Å². The van der Waals surface area contributed by atoms with Gasteiger partial charge in [-0.15, -0.1) is 0 Å². The molecule has 3 aromatic carbocycles. The van der Waals surface area contributed by atoms with Crippen LogP contribution >= 0.6 is 0 Å². The number of non-ortho nitro benzene ring substituents is 1. The third-order valence-electron chi connectivity index (χ3n) is 4.15. The number of nitrogens with zero attached hydrogens (tertiary/aromatic N) is 2. The van der Waals surface area contributed by atoms with Gasteiger partial charge in [-0.05, 0) is 42.0 Å². The molecule has 0 radical (unpaired) electrons. The summed E-state index contributed by atoms with van der Waals surface area (Å²) < 4.78 is 5.09. The predicted octanol–water partition coefficient (Wildman–Crippen LogP) is 4.41. The summed E-state index contributed by atoms with van der Waals surface area (Å²) in [6.07, 6.45) is 1.41. The van der Waals surface area contributed by atoms with E-state index in [9.17, 15) is 14.9 Å². The van der Waals surface area contributed by atoms with Crippen LogP contribution in [0, 0.1) is 10.1 Å². The lowest BCUT2D eigenvalue weighted by Gasteiger charge is -2.07. The van der Waals surface area contributed by atoms with Crippen LogP contribution in [-0.4, -0.2) is 24.2 Å². The minimum Gasteiger partial charge on any atom is -0.497 e. The number of nitro groups is 1. The molecule has 3 rings (SSSR count). The average Bonchev–Trinajstić information content (AvgIpc) is 2.78. The first-order valence-corrected chi connectivity index (χ1v) is 8.99. The van der Waals surface area contributed by atoms with Crippen LogP contribution in [-0.2, 0) is 11.4 Å². The Morgan fingerprint density at radius 2 is 1.83 bits per heavy atom. The molecule has 0 saturated carbocycles. The zero-order chi connectivity index (χ0) is 21.3. The van der Waals surface area contributed by atoms with E-state index >= 15 is 0 Å². The van der Waals surface area contributed by atoms with Crippen molar-refractivity contribution in [3.8, 4) is 5.75 Å². The van der Waals surface area contributed by atoms with Crippen molar-refractivity contribution < 1.29 is 19.3 Å². The van der Waals surface area contributed by atoms with Crippen LogP contribution in [0.4, 0.5) is 11.4 Å². The van der Waals surface area contributed by atoms with Crippen LogP contribution in [0.25, 0.3) is 0 Å². The number of carbonyl (C=O) groups is 1. The highest BCUT2D eigenvalue weighted by Gasteiger charge is 2.07. The first kappa shape index (κ1) is 20.5. The van der Waals surface area contributed by atoms with Gasteiger partial charge in [0.2, 0.25) is 0 Å². The Labute approximate surface area is 172 Å². The van der Waals surface area contributed by atoms with Crippen LogP contribution in [0.1, 0.15) is 21.5 Å². The molecule has 0 fully saturated rings. The Bertz CT molecular complexity index is 1050. The fraction of sp³-hybridized carbons (Fsp3) is 0.0909. The summed E-state index contributed by atoms with van der Waals surface area (Å²) in [5.74, 6) is 0.488. The lowest BCUT2D eigenvalue weighted by Crippen LogP contribution is -2.11. The van der Waals surface area contributed by atoms with E-state index < -0.39 is 4.92 Å². The summed E-state index contributed by atoms with van der Waals surface area (Å²) in [5, 5.41) is 17.4. The molecule has 30 heavy (non-hydrogen) atoms. The SMILES string of the molecule is COc1ccc(NC(=O)c2ccc(CON=Cc3cccc([N+](=O)[O-])c3)cc2)cc1. The monoisotopic (exact) mass is 405 g/mol. The first-order valence-electron chi connectivity index (χ1n) is 8.99. The number of ether oxygens (including phenoxy) is 1. The number of hydrogen-bond acceptors (Lipinski definition) is 6. The first-order chi connectivity index (χ1) is 14.5. The zero-order valence-electron chi connectivity index (χ0n) is 16.1. The number of anilines is 1. The molecule has 8 nitrogen and oxygen atoms in total. The van der Waals surface area contributed by atoms with Crippen LogP contribution in [0.2, 0.25) is 0 Å². The molecular formula is C22H19N3O5. The Morgan fingerprint density at radius 1 is 1.10 bits per heavy atom. The van der Waals surface area contributed by atoms with Crippen molar-refractivity contribution in [3.05, 3.63) is 99.6 Å². The van der Waals surface area contributed by atoms with E-state index in [1.165, 1.54) is 18.3 Å². The molecule has 8 heteroatoms. The third-order valence-corrected chi connectivity index (χ3v) is 4.15. The predicted molar refractivity (Wildman–Crippen MR) is 113 cm³/mol. The molecule has 0 bridgehead atoms. The fourth-order valence-electron chi connectivity index (χ4n) is 2.56. The normalized spacial score (nSPS) is 10.6. The second-order valence-electron chi connectivity index (χ2n) is 6.24. The molecule has 0 aromatic heterocycles. The standard InChI is InChI=1S/C22H19N3O5/c1-29-21-11-9-19(10-12-21)24-22(26)18-7-5-16(6-8-18)15-30-23-14-17-3-2-4-20(13-17)25(27)28/h2-14H,15H2,1H3,(H,24,26). The molecule has 0 heterocycles. The number of carbonyl (C=O) groups excluding carboxylic acids is 1. The van der Waals surface area contributed by atoms with Gasteiger partial charge >= 0.3 is 0 Å². The van der Waals surface area contributed by atoms with Gasteiger partial charge in [0, 0.05) is 28.9 Å². The fourth-order valence-corrected chi connectivity index (χ4v) is 2.56. The summed E-state index contributed by atoms with van der Waals surface area (Å²) in [6.45, 7) is 0.200. The van der Waals surface area contributed by atoms with Crippen molar-refractivity contribution in [2.24, 2.45) is 5.16 Å². The van der Waals surface area contributed by atoms with E-state index in [1.54, 1.807) is 67.8 Å². The van der Waals surface area contributed by atoms with Gasteiger partial charge in [0.25, 0.3) is 11.6 Å². The Hall–Kier alpha value is -4.20. The molecule has 3 aromatic rings. The van der Waals surface area contributed by atoms with Gasteiger partial charge in [0.05, 0.1) is 18.2 Å². The molecule has 0 unspecified atom stereocenters. The molecule has 0 saturated heterocycles. The van der Waals surface area contributed by atoms with E-state index in [0.717, 1.165) is 5.56 Å². The number of benzene rings is 3. The van der Waals surface area contributed by atoms with Crippen molar-refractivity contribution >= 4 is 23.5 Å². The van der Waals surface area contributed by atoms with Crippen molar-refractivity contribution in [3.63, 3.8) is 0 Å². The maximum Gasteiger partial charge on any atom is 0.270 e. The van der Waals surface area contributed by atoms with Gasteiger partial charge in [-0.3, -0.25) is 14.9 Å². The van der Waals surface area contributed by atoms with Gasteiger partial charge in [-0.1, -0.05) is 29.4 Å². The molecule has 0 spiro atoms. The molecular weight excluding hydrogens is 386 g/mol. The Kier molecular flexibility index (Phi) is 6.73. The highest BCUT2D eigenvalue weighted by molar-refractivity contribution is 6.04. The highest BCUT2D eigenvalue weighted by atomic mass is 16.6. The number of nitrogens with one attached hydrogen (secondary N) is 1. The molecule has 1 N–H and O–H groups in total. The number of rotatable bonds is 8. The average molecular weight is 405 g/mol. The quantitative estimate of drug-likeness (QED) is 0.340. The van der Waals surface area contributed by atoms with Crippen molar-refractivity contribution in [1.29, 1.82) is 0 Å². The van der Waals surface area contributed by atoms with E-state index in [2.05, 4.69) is 10.5 Å². The summed E-state index contributed by atoms with van der Waals surface area (Å²) in [6, 6.07) is 20.1. The number of hydrogen-bond donors (Lipinski definition) is 1. The van der Waals surface area contributed by atoms with Crippen LogP contribution < -0.4 is 10.1 Å². The van der Waals surface area contributed by atoms with Gasteiger partial charge in [-0.2, -0.15) is 0 Å². The van der Waals surface area contributed by atoms with E-state index in [1.807, 2.05) is 0 Å². The van der Waals surface area contributed by atoms with Crippen LogP contribution in [0.5, 0.6) is 5.75 Å². The smallest absolute Gasteiger partial charge is 0.270 e.